The Labute approximate surface area is 157 Å². The molecule has 3 fully saturated rings. The average Bonchev–Trinajstić information content (AvgIpc) is 2.66. The van der Waals surface area contributed by atoms with Crippen molar-refractivity contribution in [2.24, 2.45) is 11.8 Å². The first kappa shape index (κ1) is 14.1. The van der Waals surface area contributed by atoms with Crippen molar-refractivity contribution in [2.75, 3.05) is 31.0 Å². The molecule has 0 unspecified atom stereocenters. The molecule has 0 aliphatic carbocycles. The van der Waals surface area contributed by atoms with Gasteiger partial charge in [0.25, 0.3) is 0 Å². The fraction of sp³-hybridized carbons (Fsp3) is 0.400. The molecule has 0 spiro atoms. The van der Waals surface area contributed by atoms with Gasteiger partial charge in [0, 0.05) is 22.8 Å². The summed E-state index contributed by atoms with van der Waals surface area (Å²) in [4.78, 5) is 6.72. The highest BCUT2D eigenvalue weighted by molar-refractivity contribution is 7.99. The van der Waals surface area contributed by atoms with E-state index in [0.717, 1.165) is 53.6 Å². The van der Waals surface area contributed by atoms with Crippen LogP contribution in [-0.2, 0) is 0 Å². The van der Waals surface area contributed by atoms with Gasteiger partial charge in [-0.1, -0.05) is 36.0 Å². The van der Waals surface area contributed by atoms with Gasteiger partial charge in [-0.15, -0.1) is 12.4 Å². The molecule has 0 aromatic heterocycles. The van der Waals surface area contributed by atoms with Crippen molar-refractivity contribution >= 4 is 35.5 Å². The summed E-state index contributed by atoms with van der Waals surface area (Å²) in [6, 6.07) is 16.5. The van der Waals surface area contributed by atoms with Crippen molar-refractivity contribution in [3.05, 3.63) is 48.5 Å². The normalized spacial score (nSPS) is 29.0. The van der Waals surface area contributed by atoms with Gasteiger partial charge < -0.3 is 9.80 Å². The van der Waals surface area contributed by atoms with E-state index in [0.29, 0.717) is 5.92 Å². The van der Waals surface area contributed by atoms with Crippen LogP contribution in [0.25, 0.3) is 0 Å². The third-order valence-corrected chi connectivity index (χ3v) is 6.51. The summed E-state index contributed by atoms with van der Waals surface area (Å²) in [6.07, 6.45) is 2.27. The number of anilines is 2. The summed E-state index contributed by atoms with van der Waals surface area (Å²) >= 11 is 1.75. The highest BCUT2D eigenvalue weighted by Crippen LogP contribution is 2.48. The van der Waals surface area contributed by atoms with Crippen molar-refractivity contribution < 1.29 is 2.74 Å². The highest BCUT2D eigenvalue weighted by Gasteiger charge is 2.36. The number of halogens is 1. The summed E-state index contributed by atoms with van der Waals surface area (Å²) in [6.45, 7) is 1.77. The van der Waals surface area contributed by atoms with E-state index in [-0.39, 0.29) is 18.3 Å². The summed E-state index contributed by atoms with van der Waals surface area (Å²) in [5.74, 6) is 0.549. The summed E-state index contributed by atoms with van der Waals surface area (Å²) in [5.41, 5.74) is 2.01. The topological polar surface area (TPSA) is 6.48 Å². The smallest absolute Gasteiger partial charge is 0.0552 e. The Balaban J connectivity index is 0.00000168. The van der Waals surface area contributed by atoms with Crippen LogP contribution >= 0.6 is 24.2 Å². The molecule has 24 heavy (non-hydrogen) atoms. The molecular formula is C20H23ClN2S. The second-order valence-corrected chi connectivity index (χ2v) is 7.83. The third kappa shape index (κ3) is 2.73. The van der Waals surface area contributed by atoms with Gasteiger partial charge in [-0.05, 0) is 62.0 Å². The molecule has 2 bridgehead atoms. The Kier molecular flexibility index (Phi) is 3.88. The van der Waals surface area contributed by atoms with Crippen LogP contribution in [0.5, 0.6) is 0 Å². The summed E-state index contributed by atoms with van der Waals surface area (Å²) in [7, 11) is 0. The molecule has 4 aliphatic rings. The molecule has 6 rings (SSSR count). The van der Waals surface area contributed by atoms with Gasteiger partial charge in [0.05, 0.1) is 14.1 Å². The number of hydrogen-bond acceptors (Lipinski definition) is 3. The van der Waals surface area contributed by atoms with Gasteiger partial charge in [0.2, 0.25) is 0 Å². The van der Waals surface area contributed by atoms with E-state index in [1.54, 1.807) is 11.8 Å². The minimum Gasteiger partial charge on any atom is -0.339 e. The lowest BCUT2D eigenvalue weighted by atomic mass is 9.78. The number of hydrogen-bond donors (Lipinski definition) is 0. The van der Waals surface area contributed by atoms with Gasteiger partial charge in [0.15, 0.2) is 0 Å². The van der Waals surface area contributed by atoms with Crippen LogP contribution in [0.1, 0.15) is 15.6 Å². The fourth-order valence-electron chi connectivity index (χ4n) is 4.12. The van der Waals surface area contributed by atoms with Crippen LogP contribution in [0.2, 0.25) is 0 Å². The summed E-state index contributed by atoms with van der Waals surface area (Å²) in [5, 5.41) is 0. The predicted molar refractivity (Wildman–Crippen MR) is 104 cm³/mol. The molecule has 0 saturated carbocycles. The maximum absolute atomic E-state index is 9.19. The van der Waals surface area contributed by atoms with E-state index in [1.165, 1.54) is 0 Å². The maximum Gasteiger partial charge on any atom is 0.0552 e. The second-order valence-electron chi connectivity index (χ2n) is 6.75. The van der Waals surface area contributed by atoms with Crippen molar-refractivity contribution in [2.45, 2.75) is 22.6 Å². The lowest BCUT2D eigenvalue weighted by Crippen LogP contribution is -2.50. The third-order valence-electron chi connectivity index (χ3n) is 5.38. The zero-order valence-corrected chi connectivity index (χ0v) is 15.2. The zero-order valence-electron chi connectivity index (χ0n) is 15.5. The number of para-hydroxylation sites is 2. The van der Waals surface area contributed by atoms with Gasteiger partial charge in [0.1, 0.15) is 0 Å². The number of fused-ring (bicyclic) bond motifs is 5. The lowest BCUT2D eigenvalue weighted by molar-refractivity contribution is 0.0553. The fourth-order valence-corrected chi connectivity index (χ4v) is 5.18. The predicted octanol–water partition coefficient (Wildman–Crippen LogP) is 5.05. The zero-order chi connectivity index (χ0) is 17.0. The maximum atomic E-state index is 9.19. The van der Waals surface area contributed by atoms with E-state index in [9.17, 15) is 2.74 Å². The van der Waals surface area contributed by atoms with Crippen LogP contribution in [0.4, 0.5) is 11.4 Å². The minimum absolute atomic E-state index is 0. The van der Waals surface area contributed by atoms with Crippen LogP contribution in [-0.4, -0.2) is 31.0 Å². The number of rotatable bonds is 2. The Hall–Kier alpha value is -1.16. The Morgan fingerprint density at radius 2 is 1.54 bits per heavy atom. The van der Waals surface area contributed by atoms with Crippen molar-refractivity contribution in [1.82, 2.24) is 4.90 Å². The molecule has 2 aromatic carbocycles. The molecule has 0 amide bonds. The highest BCUT2D eigenvalue weighted by atomic mass is 35.5. The Bertz CT molecular complexity index is 762. The average molecular weight is 361 g/mol. The van der Waals surface area contributed by atoms with Gasteiger partial charge in [-0.2, -0.15) is 0 Å². The van der Waals surface area contributed by atoms with Crippen LogP contribution in [0.15, 0.2) is 58.3 Å². The Morgan fingerprint density at radius 1 is 0.958 bits per heavy atom. The van der Waals surface area contributed by atoms with E-state index in [4.69, 9.17) is 0 Å². The summed E-state index contributed by atoms with van der Waals surface area (Å²) < 4.78 is 18.4. The first-order chi connectivity index (χ1) is 12.1. The molecule has 2 nitrogen and oxygen atoms in total. The molecule has 2 aromatic rings. The Morgan fingerprint density at radius 3 is 2.08 bits per heavy atom. The van der Waals surface area contributed by atoms with E-state index in [2.05, 4.69) is 29.2 Å². The monoisotopic (exact) mass is 360 g/mol. The quantitative estimate of drug-likeness (QED) is 0.739. The van der Waals surface area contributed by atoms with E-state index < -0.39 is 6.50 Å². The molecule has 4 heterocycles. The van der Waals surface area contributed by atoms with Gasteiger partial charge in [-0.3, -0.25) is 0 Å². The van der Waals surface area contributed by atoms with Crippen LogP contribution in [0.3, 0.4) is 0 Å². The molecule has 126 valence electrons. The van der Waals surface area contributed by atoms with E-state index >= 15 is 0 Å². The van der Waals surface area contributed by atoms with Gasteiger partial charge >= 0.3 is 0 Å². The molecule has 4 aliphatic heterocycles. The second kappa shape index (κ2) is 6.62. The number of benzene rings is 2. The van der Waals surface area contributed by atoms with Crippen molar-refractivity contribution in [3.63, 3.8) is 0 Å². The first-order valence-electron chi connectivity index (χ1n) is 9.53. The van der Waals surface area contributed by atoms with Crippen molar-refractivity contribution in [3.8, 4) is 0 Å². The van der Waals surface area contributed by atoms with Crippen LogP contribution < -0.4 is 4.90 Å². The first-order valence-corrected chi connectivity index (χ1v) is 9.35. The molecule has 0 radical (unpaired) electrons. The molecule has 0 N–H and O–H groups in total. The van der Waals surface area contributed by atoms with Crippen LogP contribution in [0, 0.1) is 11.8 Å². The number of piperidine rings is 3. The van der Waals surface area contributed by atoms with Crippen molar-refractivity contribution in [1.29, 1.82) is 0 Å². The molecule has 1 atom stereocenters. The van der Waals surface area contributed by atoms with E-state index in [1.807, 2.05) is 29.2 Å². The SMILES string of the molecule is Cl.[2H]C([2H])([C@@H]1CN2CCC1CC2)N1c2ccccc2Sc2ccccc21. The molecule has 4 heteroatoms. The van der Waals surface area contributed by atoms with Gasteiger partial charge in [-0.25, -0.2) is 0 Å². The molecule has 3 saturated heterocycles. The number of nitrogens with zero attached hydrogens (tertiary/aromatic N) is 2. The standard InChI is InChI=1S/C20H22N2S.ClH/c1-3-7-19-17(5-1)22(18-6-2-4-8-20(18)23-19)14-16-13-21-11-9-15(16)10-12-21;/h1-8,15-16H,9-14H2;1H/t16-;/m0./s1/i14D2;. The molecular weight excluding hydrogens is 336 g/mol. The lowest BCUT2D eigenvalue weighted by Gasteiger charge is -2.47. The largest absolute Gasteiger partial charge is 0.339 e. The minimum atomic E-state index is -1.39.